The first-order chi connectivity index (χ1) is 14.3. The van der Waals surface area contributed by atoms with Gasteiger partial charge in [0.15, 0.2) is 0 Å². The summed E-state index contributed by atoms with van der Waals surface area (Å²) >= 11 is 6.22. The van der Waals surface area contributed by atoms with Crippen LogP contribution in [0.1, 0.15) is 22.3 Å². The predicted molar refractivity (Wildman–Crippen MR) is 115 cm³/mol. The summed E-state index contributed by atoms with van der Waals surface area (Å²) in [6.07, 6.45) is 1.32. The maximum absolute atomic E-state index is 13.8. The van der Waals surface area contributed by atoms with Gasteiger partial charge in [-0.15, -0.1) is 0 Å². The lowest BCUT2D eigenvalue weighted by Crippen LogP contribution is -2.43. The van der Waals surface area contributed by atoms with Gasteiger partial charge in [-0.2, -0.15) is 0 Å². The zero-order chi connectivity index (χ0) is 21.7. The summed E-state index contributed by atoms with van der Waals surface area (Å²) < 4.78 is 14.1. The number of halogens is 1. The topological polar surface area (TPSA) is 98.7 Å². The van der Waals surface area contributed by atoms with Crippen molar-refractivity contribution in [1.29, 1.82) is 0 Å². The number of nitrogens with zero attached hydrogens (tertiary/aromatic N) is 1. The second kappa shape index (κ2) is 9.51. The Morgan fingerprint density at radius 1 is 1.13 bits per heavy atom. The number of phenolic OH excluding ortho intramolecular Hbond substituents is 1. The smallest absolute Gasteiger partial charge is 0.269 e. The van der Waals surface area contributed by atoms with Crippen LogP contribution in [0.3, 0.4) is 0 Å². The number of thiocarbonyl (C=S) groups is 1. The van der Waals surface area contributed by atoms with E-state index in [0.717, 1.165) is 11.8 Å². The molecular weight excluding hydrogens is 429 g/mol. The highest BCUT2D eigenvalue weighted by molar-refractivity contribution is 8.26. The number of hydrogen-bond donors (Lipinski definition) is 3. The van der Waals surface area contributed by atoms with E-state index in [0.29, 0.717) is 0 Å². The number of benzene rings is 2. The van der Waals surface area contributed by atoms with Gasteiger partial charge in [-0.1, -0.05) is 42.2 Å². The zero-order valence-electron chi connectivity index (χ0n) is 15.4. The number of phenols is 1. The van der Waals surface area contributed by atoms with Gasteiger partial charge < -0.3 is 5.11 Å². The van der Waals surface area contributed by atoms with E-state index < -0.39 is 23.5 Å². The van der Waals surface area contributed by atoms with Crippen molar-refractivity contribution in [2.45, 2.75) is 6.42 Å². The maximum atomic E-state index is 13.8. The molecule has 0 radical (unpaired) electrons. The second-order valence-corrected chi connectivity index (χ2v) is 7.83. The van der Waals surface area contributed by atoms with Crippen molar-refractivity contribution in [2.24, 2.45) is 0 Å². The minimum absolute atomic E-state index is 0.0141. The van der Waals surface area contributed by atoms with Crippen LogP contribution < -0.4 is 10.9 Å². The molecule has 3 N–H and O–H groups in total. The molecule has 154 valence electrons. The van der Waals surface area contributed by atoms with Crippen molar-refractivity contribution in [3.05, 3.63) is 70.4 Å². The molecular formula is C20H16FN3O4S2. The van der Waals surface area contributed by atoms with Crippen LogP contribution in [0.5, 0.6) is 5.75 Å². The molecule has 1 heterocycles. The van der Waals surface area contributed by atoms with E-state index in [4.69, 9.17) is 12.2 Å². The van der Waals surface area contributed by atoms with Gasteiger partial charge in [0, 0.05) is 24.1 Å². The first-order valence-corrected chi connectivity index (χ1v) is 9.96. The molecule has 3 amide bonds. The summed E-state index contributed by atoms with van der Waals surface area (Å²) in [5.74, 6) is -1.92. The lowest BCUT2D eigenvalue weighted by atomic mass is 10.2. The molecule has 2 aromatic rings. The first-order valence-electron chi connectivity index (χ1n) is 8.73. The van der Waals surface area contributed by atoms with Crippen LogP contribution in [-0.4, -0.2) is 38.6 Å². The number of carbonyl (C=O) groups excluding carboxylic acids is 3. The van der Waals surface area contributed by atoms with E-state index in [-0.39, 0.29) is 39.1 Å². The molecule has 1 aliphatic heterocycles. The van der Waals surface area contributed by atoms with E-state index in [2.05, 4.69) is 10.9 Å². The Labute approximate surface area is 180 Å². The van der Waals surface area contributed by atoms with Gasteiger partial charge in [-0.05, 0) is 36.4 Å². The third-order valence-corrected chi connectivity index (χ3v) is 5.45. The highest BCUT2D eigenvalue weighted by atomic mass is 32.2. The number of aromatic hydroxyl groups is 1. The monoisotopic (exact) mass is 445 g/mol. The van der Waals surface area contributed by atoms with Gasteiger partial charge in [0.1, 0.15) is 15.9 Å². The minimum atomic E-state index is -0.554. The molecule has 1 aliphatic rings. The van der Waals surface area contributed by atoms with Gasteiger partial charge in [0.05, 0.1) is 4.91 Å². The molecule has 1 fully saturated rings. The number of amides is 3. The first kappa shape index (κ1) is 21.5. The predicted octanol–water partition coefficient (Wildman–Crippen LogP) is 2.58. The van der Waals surface area contributed by atoms with Gasteiger partial charge in [0.2, 0.25) is 5.91 Å². The van der Waals surface area contributed by atoms with Crippen LogP contribution in [0.2, 0.25) is 0 Å². The lowest BCUT2D eigenvalue weighted by Gasteiger charge is -2.14. The Morgan fingerprint density at radius 2 is 1.83 bits per heavy atom. The molecule has 3 rings (SSSR count). The molecule has 7 nitrogen and oxygen atoms in total. The fourth-order valence-electron chi connectivity index (χ4n) is 2.51. The maximum Gasteiger partial charge on any atom is 0.269 e. The number of carbonyl (C=O) groups is 3. The molecule has 0 saturated carbocycles. The molecule has 0 unspecified atom stereocenters. The van der Waals surface area contributed by atoms with Gasteiger partial charge in [0.25, 0.3) is 11.8 Å². The van der Waals surface area contributed by atoms with Gasteiger partial charge in [-0.3, -0.25) is 30.1 Å². The number of hydrazine groups is 1. The number of nitrogens with one attached hydrogen (secondary N) is 2. The molecule has 30 heavy (non-hydrogen) atoms. The van der Waals surface area contributed by atoms with E-state index in [1.165, 1.54) is 41.3 Å². The molecule has 0 aromatic heterocycles. The molecule has 0 atom stereocenters. The molecule has 0 aliphatic carbocycles. The largest absolute Gasteiger partial charge is 0.508 e. The van der Waals surface area contributed by atoms with Gasteiger partial charge >= 0.3 is 0 Å². The molecule has 0 bridgehead atoms. The van der Waals surface area contributed by atoms with Crippen LogP contribution >= 0.6 is 24.0 Å². The van der Waals surface area contributed by atoms with Gasteiger partial charge in [-0.25, -0.2) is 4.39 Å². The second-order valence-electron chi connectivity index (χ2n) is 6.15. The summed E-state index contributed by atoms with van der Waals surface area (Å²) in [7, 11) is 0. The normalized spacial score (nSPS) is 14.8. The highest BCUT2D eigenvalue weighted by Crippen LogP contribution is 2.32. The van der Waals surface area contributed by atoms with Crippen LogP contribution in [-0.2, 0) is 9.59 Å². The molecule has 10 heteroatoms. The Kier molecular flexibility index (Phi) is 6.80. The summed E-state index contributed by atoms with van der Waals surface area (Å²) in [6, 6.07) is 11.6. The summed E-state index contributed by atoms with van der Waals surface area (Å²) in [5.41, 5.74) is 5.03. The Hall–Kier alpha value is -3.24. The van der Waals surface area contributed by atoms with Crippen LogP contribution in [0.25, 0.3) is 6.08 Å². The van der Waals surface area contributed by atoms with E-state index in [1.807, 2.05) is 0 Å². The quantitative estimate of drug-likeness (QED) is 0.372. The zero-order valence-corrected chi connectivity index (χ0v) is 17.1. The van der Waals surface area contributed by atoms with Crippen molar-refractivity contribution in [1.82, 2.24) is 15.8 Å². The van der Waals surface area contributed by atoms with Crippen LogP contribution in [0.4, 0.5) is 4.39 Å². The summed E-state index contributed by atoms with van der Waals surface area (Å²) in [5, 5.41) is 9.22. The average Bonchev–Trinajstić information content (AvgIpc) is 2.99. The van der Waals surface area contributed by atoms with Crippen molar-refractivity contribution in [3.8, 4) is 5.75 Å². The Balaban J connectivity index is 1.52. The van der Waals surface area contributed by atoms with Crippen molar-refractivity contribution >= 4 is 52.1 Å². The molecule has 0 spiro atoms. The van der Waals surface area contributed by atoms with E-state index >= 15 is 0 Å². The average molecular weight is 445 g/mol. The number of thioether (sulfide) groups is 1. The SMILES string of the molecule is O=C(CCN1C(=O)/C(=C/c2ccccc2F)SC1=S)NNC(=O)c1ccc(O)cc1. The van der Waals surface area contributed by atoms with Crippen LogP contribution in [0.15, 0.2) is 53.4 Å². The third kappa shape index (κ3) is 5.22. The fraction of sp³-hybridized carbons (Fsp3) is 0.100. The summed E-state index contributed by atoms with van der Waals surface area (Å²) in [4.78, 5) is 38.0. The summed E-state index contributed by atoms with van der Waals surface area (Å²) in [6.45, 7) is 0.0141. The highest BCUT2D eigenvalue weighted by Gasteiger charge is 2.32. The molecule has 2 aromatic carbocycles. The number of rotatable bonds is 5. The number of hydrogen-bond acceptors (Lipinski definition) is 6. The fourth-order valence-corrected chi connectivity index (χ4v) is 3.81. The Bertz CT molecular complexity index is 1040. The minimum Gasteiger partial charge on any atom is -0.508 e. The standard InChI is InChI=1S/C20H16FN3O4S2/c21-15-4-2-1-3-13(15)11-16-19(28)24(20(29)30-16)10-9-17(26)22-23-18(27)12-5-7-14(25)8-6-12/h1-8,11,25H,9-10H2,(H,22,26)(H,23,27)/b16-11-. The van der Waals surface area contributed by atoms with Crippen molar-refractivity contribution in [3.63, 3.8) is 0 Å². The lowest BCUT2D eigenvalue weighted by molar-refractivity contribution is -0.124. The van der Waals surface area contributed by atoms with Crippen molar-refractivity contribution < 1.29 is 23.9 Å². The Morgan fingerprint density at radius 3 is 2.53 bits per heavy atom. The van der Waals surface area contributed by atoms with E-state index in [1.54, 1.807) is 18.2 Å². The van der Waals surface area contributed by atoms with Crippen molar-refractivity contribution in [2.75, 3.05) is 6.54 Å². The van der Waals surface area contributed by atoms with E-state index in [9.17, 15) is 23.9 Å². The molecule has 1 saturated heterocycles. The third-order valence-electron chi connectivity index (χ3n) is 4.07. The van der Waals surface area contributed by atoms with Crippen LogP contribution in [0, 0.1) is 5.82 Å².